The third-order valence-electron chi connectivity index (χ3n) is 3.06. The molecule has 2 heteroatoms. The molecule has 1 spiro atoms. The minimum Gasteiger partial charge on any atom is -0.281 e. The Hall–Kier alpha value is -0.0400. The molecule has 2 aliphatic rings. The number of carbonyl (C=O) groups excluding carboxylic acids is 1. The van der Waals surface area contributed by atoms with Crippen LogP contribution in [0.3, 0.4) is 0 Å². The molecule has 1 nitrogen and oxygen atoms in total. The van der Waals surface area contributed by atoms with Gasteiger partial charge >= 0.3 is 0 Å². The van der Waals surface area contributed by atoms with Gasteiger partial charge in [-0.25, -0.2) is 0 Å². The predicted octanol–water partition coefficient (Wildman–Crippen LogP) is 2.33. The van der Waals surface area contributed by atoms with Gasteiger partial charge in [0.15, 0.2) is 0 Å². The van der Waals surface area contributed by atoms with Gasteiger partial charge in [-0.2, -0.15) is 0 Å². The summed E-state index contributed by atoms with van der Waals surface area (Å²) in [5, 5.41) is -0.0955. The molecular weight excluding hydrogens is 148 g/mol. The first-order valence-corrected chi connectivity index (χ1v) is 4.32. The lowest BCUT2D eigenvalue weighted by Gasteiger charge is -2.02. The van der Waals surface area contributed by atoms with Gasteiger partial charge in [-0.05, 0) is 36.3 Å². The van der Waals surface area contributed by atoms with Gasteiger partial charge < -0.3 is 0 Å². The summed E-state index contributed by atoms with van der Waals surface area (Å²) < 4.78 is 0. The lowest BCUT2D eigenvalue weighted by atomic mass is 10.0. The van der Waals surface area contributed by atoms with Crippen molar-refractivity contribution in [3.8, 4) is 0 Å². The van der Waals surface area contributed by atoms with Crippen molar-refractivity contribution in [2.45, 2.75) is 32.1 Å². The van der Waals surface area contributed by atoms with Crippen LogP contribution in [0.2, 0.25) is 0 Å². The first-order chi connectivity index (χ1) is 4.75. The lowest BCUT2D eigenvalue weighted by molar-refractivity contribution is -0.113. The van der Waals surface area contributed by atoms with Crippen LogP contribution in [0.4, 0.5) is 0 Å². The molecule has 0 aromatic rings. The average Bonchev–Trinajstić information content (AvgIpc) is 2.32. The standard InChI is InChI=1S/C8H11ClO/c9-7(10)6-5-8(6)3-1-2-4-8/h6H,1-5H2. The first-order valence-electron chi connectivity index (χ1n) is 3.94. The van der Waals surface area contributed by atoms with Gasteiger partial charge in [0.1, 0.15) is 0 Å². The van der Waals surface area contributed by atoms with Crippen LogP contribution in [0.1, 0.15) is 32.1 Å². The molecule has 0 aromatic carbocycles. The van der Waals surface area contributed by atoms with Crippen molar-refractivity contribution in [2.24, 2.45) is 11.3 Å². The van der Waals surface area contributed by atoms with E-state index in [0.29, 0.717) is 5.41 Å². The number of rotatable bonds is 1. The fraction of sp³-hybridized carbons (Fsp3) is 0.875. The topological polar surface area (TPSA) is 17.1 Å². The summed E-state index contributed by atoms with van der Waals surface area (Å²) in [4.78, 5) is 10.7. The van der Waals surface area contributed by atoms with Crippen LogP contribution < -0.4 is 0 Å². The highest BCUT2D eigenvalue weighted by Gasteiger charge is 2.57. The van der Waals surface area contributed by atoms with Gasteiger partial charge in [-0.15, -0.1) is 0 Å². The summed E-state index contributed by atoms with van der Waals surface area (Å²) in [6.45, 7) is 0. The molecule has 2 rings (SSSR count). The third kappa shape index (κ3) is 0.800. The molecule has 0 heterocycles. The quantitative estimate of drug-likeness (QED) is 0.536. The van der Waals surface area contributed by atoms with Crippen LogP contribution in [-0.2, 0) is 4.79 Å². The summed E-state index contributed by atoms with van der Waals surface area (Å²) in [6, 6.07) is 0. The molecule has 1 atom stereocenters. The zero-order valence-electron chi connectivity index (χ0n) is 5.90. The Balaban J connectivity index is 2.04. The molecule has 0 N–H and O–H groups in total. The van der Waals surface area contributed by atoms with Gasteiger partial charge in [0.05, 0.1) is 0 Å². The molecule has 0 bridgehead atoms. The minimum atomic E-state index is -0.0955. The van der Waals surface area contributed by atoms with E-state index in [1.54, 1.807) is 0 Å². The Kier molecular flexibility index (Phi) is 1.31. The zero-order valence-corrected chi connectivity index (χ0v) is 6.66. The summed E-state index contributed by atoms with van der Waals surface area (Å²) in [5.74, 6) is 0.233. The number of carbonyl (C=O) groups is 1. The van der Waals surface area contributed by atoms with Crippen molar-refractivity contribution in [3.05, 3.63) is 0 Å². The zero-order chi connectivity index (χ0) is 7.19. The van der Waals surface area contributed by atoms with Crippen molar-refractivity contribution < 1.29 is 4.79 Å². The minimum absolute atomic E-state index is 0.0955. The van der Waals surface area contributed by atoms with Crippen molar-refractivity contribution in [2.75, 3.05) is 0 Å². The highest BCUT2D eigenvalue weighted by Crippen LogP contribution is 2.63. The highest BCUT2D eigenvalue weighted by atomic mass is 35.5. The second kappa shape index (κ2) is 1.97. The van der Waals surface area contributed by atoms with E-state index in [4.69, 9.17) is 11.6 Å². The highest BCUT2D eigenvalue weighted by molar-refractivity contribution is 6.64. The smallest absolute Gasteiger partial charge is 0.225 e. The van der Waals surface area contributed by atoms with Crippen LogP contribution in [0.15, 0.2) is 0 Å². The number of hydrogen-bond donors (Lipinski definition) is 0. The summed E-state index contributed by atoms with van der Waals surface area (Å²) >= 11 is 5.41. The van der Waals surface area contributed by atoms with Gasteiger partial charge in [0, 0.05) is 5.92 Å². The maximum atomic E-state index is 10.7. The van der Waals surface area contributed by atoms with Gasteiger partial charge in [-0.3, -0.25) is 4.79 Å². The average molecular weight is 159 g/mol. The Morgan fingerprint density at radius 1 is 1.40 bits per heavy atom. The summed E-state index contributed by atoms with van der Waals surface area (Å²) in [7, 11) is 0. The van der Waals surface area contributed by atoms with Gasteiger partial charge in [0.25, 0.3) is 0 Å². The van der Waals surface area contributed by atoms with Crippen LogP contribution in [0.5, 0.6) is 0 Å². The van der Waals surface area contributed by atoms with Crippen molar-refractivity contribution in [1.29, 1.82) is 0 Å². The molecule has 2 saturated carbocycles. The van der Waals surface area contributed by atoms with Crippen molar-refractivity contribution >= 4 is 16.8 Å². The fourth-order valence-electron chi connectivity index (χ4n) is 2.30. The monoisotopic (exact) mass is 158 g/mol. The Bertz CT molecular complexity index is 170. The molecule has 56 valence electrons. The van der Waals surface area contributed by atoms with Crippen LogP contribution in [0.25, 0.3) is 0 Å². The largest absolute Gasteiger partial charge is 0.281 e. The second-order valence-corrected chi connectivity index (χ2v) is 4.00. The lowest BCUT2D eigenvalue weighted by Crippen LogP contribution is -2.01. The van der Waals surface area contributed by atoms with Crippen LogP contribution in [-0.4, -0.2) is 5.24 Å². The molecule has 0 amide bonds. The van der Waals surface area contributed by atoms with E-state index in [9.17, 15) is 4.79 Å². The van der Waals surface area contributed by atoms with E-state index < -0.39 is 0 Å². The maximum absolute atomic E-state index is 10.7. The van der Waals surface area contributed by atoms with Crippen LogP contribution >= 0.6 is 11.6 Å². The Labute approximate surface area is 65.7 Å². The molecule has 0 aromatic heterocycles. The molecule has 0 radical (unpaired) electrons. The summed E-state index contributed by atoms with van der Waals surface area (Å²) in [5.41, 5.74) is 0.402. The molecule has 2 fully saturated rings. The molecule has 10 heavy (non-hydrogen) atoms. The van der Waals surface area contributed by atoms with E-state index in [-0.39, 0.29) is 11.2 Å². The van der Waals surface area contributed by atoms with E-state index in [1.165, 1.54) is 25.7 Å². The molecular formula is C8H11ClO. The predicted molar refractivity (Wildman–Crippen MR) is 39.9 cm³/mol. The van der Waals surface area contributed by atoms with Gasteiger partial charge in [0.2, 0.25) is 5.24 Å². The molecule has 2 aliphatic carbocycles. The fourth-order valence-corrected chi connectivity index (χ4v) is 2.61. The maximum Gasteiger partial charge on any atom is 0.225 e. The number of halogens is 1. The normalized spacial score (nSPS) is 34.7. The van der Waals surface area contributed by atoms with Crippen molar-refractivity contribution in [1.82, 2.24) is 0 Å². The Morgan fingerprint density at radius 2 is 2.00 bits per heavy atom. The molecule has 1 unspecified atom stereocenters. The molecule has 0 saturated heterocycles. The Morgan fingerprint density at radius 3 is 2.40 bits per heavy atom. The SMILES string of the molecule is O=C(Cl)C1CC12CCCC2. The number of hydrogen-bond acceptors (Lipinski definition) is 1. The van der Waals surface area contributed by atoms with E-state index >= 15 is 0 Å². The summed E-state index contributed by atoms with van der Waals surface area (Å²) in [6.07, 6.45) is 6.18. The van der Waals surface area contributed by atoms with E-state index in [1.807, 2.05) is 0 Å². The van der Waals surface area contributed by atoms with E-state index in [2.05, 4.69) is 0 Å². The van der Waals surface area contributed by atoms with Crippen LogP contribution in [0, 0.1) is 11.3 Å². The van der Waals surface area contributed by atoms with Gasteiger partial charge in [-0.1, -0.05) is 12.8 Å². The molecule has 0 aliphatic heterocycles. The van der Waals surface area contributed by atoms with Crippen molar-refractivity contribution in [3.63, 3.8) is 0 Å². The second-order valence-electron chi connectivity index (χ2n) is 3.63. The van der Waals surface area contributed by atoms with E-state index in [0.717, 1.165) is 6.42 Å². The first kappa shape index (κ1) is 6.66. The third-order valence-corrected chi connectivity index (χ3v) is 3.33.